The van der Waals surface area contributed by atoms with Crippen molar-refractivity contribution in [3.8, 4) is 0 Å². The number of carboxylic acids is 1. The normalized spacial score (nSPS) is 15.9. The molecule has 0 bridgehead atoms. The number of anilines is 2. The average Bonchev–Trinajstić information content (AvgIpc) is 2.94. The summed E-state index contributed by atoms with van der Waals surface area (Å²) in [7, 11) is 0. The first-order valence-corrected chi connectivity index (χ1v) is 11.5. The minimum atomic E-state index is -1.21. The molecule has 1 aliphatic rings. The van der Waals surface area contributed by atoms with E-state index in [0.29, 0.717) is 11.4 Å². The Hall–Kier alpha value is -3.88. The maximum absolute atomic E-state index is 13.2. The molecule has 0 radical (unpaired) electrons. The van der Waals surface area contributed by atoms with Gasteiger partial charge in [0.25, 0.3) is 5.91 Å². The molecule has 2 aromatic rings. The minimum absolute atomic E-state index is 0.00286. The quantitative estimate of drug-likeness (QED) is 0.474. The van der Waals surface area contributed by atoms with E-state index in [1.165, 1.54) is 4.90 Å². The number of para-hydroxylation sites is 1. The number of hydrogen-bond acceptors (Lipinski definition) is 4. The molecule has 1 atom stereocenters. The summed E-state index contributed by atoms with van der Waals surface area (Å²) in [5.74, 6) is -1.73. The third kappa shape index (κ3) is 5.62. The van der Waals surface area contributed by atoms with Crippen molar-refractivity contribution >= 4 is 35.3 Å². The van der Waals surface area contributed by atoms with E-state index in [9.17, 15) is 24.3 Å². The van der Waals surface area contributed by atoms with E-state index in [-0.39, 0.29) is 24.9 Å². The SMILES string of the molecule is Cc1ccccc1NC(=O)Nc1ccc(CN2C(=O)N([C@@H](CC(C)C)C(=O)O)C(=O)C2(C)C)cc1. The number of amides is 5. The lowest BCUT2D eigenvalue weighted by Crippen LogP contribution is -2.47. The zero-order valence-electron chi connectivity index (χ0n) is 20.7. The first kappa shape index (κ1) is 25.7. The van der Waals surface area contributed by atoms with E-state index < -0.39 is 29.5 Å². The highest BCUT2D eigenvalue weighted by molar-refractivity contribution is 6.09. The smallest absolute Gasteiger partial charge is 0.328 e. The fraction of sp³-hybridized carbons (Fsp3) is 0.385. The van der Waals surface area contributed by atoms with Gasteiger partial charge in [0.05, 0.1) is 0 Å². The van der Waals surface area contributed by atoms with Crippen molar-refractivity contribution in [3.05, 3.63) is 59.7 Å². The lowest BCUT2D eigenvalue weighted by molar-refractivity contribution is -0.148. The second-order valence-corrected chi connectivity index (χ2v) is 9.68. The first-order valence-electron chi connectivity index (χ1n) is 11.5. The van der Waals surface area contributed by atoms with Crippen molar-refractivity contribution < 1.29 is 24.3 Å². The predicted molar refractivity (Wildman–Crippen MR) is 133 cm³/mol. The molecule has 186 valence electrons. The molecule has 9 nitrogen and oxygen atoms in total. The highest BCUT2D eigenvalue weighted by Crippen LogP contribution is 2.32. The van der Waals surface area contributed by atoms with E-state index in [0.717, 1.165) is 16.0 Å². The Kier molecular flexibility index (Phi) is 7.48. The fourth-order valence-electron chi connectivity index (χ4n) is 4.04. The molecule has 3 N–H and O–H groups in total. The third-order valence-corrected chi connectivity index (χ3v) is 6.09. The summed E-state index contributed by atoms with van der Waals surface area (Å²) in [4.78, 5) is 52.7. The molecule has 3 rings (SSSR count). The minimum Gasteiger partial charge on any atom is -0.480 e. The number of nitrogens with one attached hydrogen (secondary N) is 2. The van der Waals surface area contributed by atoms with Gasteiger partial charge in [-0.1, -0.05) is 44.2 Å². The molecule has 1 fully saturated rings. The van der Waals surface area contributed by atoms with Gasteiger partial charge in [-0.25, -0.2) is 19.3 Å². The number of aliphatic carboxylic acids is 1. The number of nitrogens with zero attached hydrogens (tertiary/aromatic N) is 2. The molecule has 0 aliphatic carbocycles. The average molecular weight is 481 g/mol. The lowest BCUT2D eigenvalue weighted by Gasteiger charge is -2.27. The Morgan fingerprint density at radius 3 is 2.20 bits per heavy atom. The van der Waals surface area contributed by atoms with E-state index in [1.54, 1.807) is 38.1 Å². The highest BCUT2D eigenvalue weighted by Gasteiger charge is 2.54. The van der Waals surface area contributed by atoms with Gasteiger partial charge in [-0.05, 0) is 62.4 Å². The van der Waals surface area contributed by atoms with Crippen molar-refractivity contribution in [1.82, 2.24) is 9.80 Å². The summed E-state index contributed by atoms with van der Waals surface area (Å²) in [6.45, 7) is 8.96. The van der Waals surface area contributed by atoms with Crippen molar-refractivity contribution in [2.75, 3.05) is 10.6 Å². The molecule has 0 aromatic heterocycles. The van der Waals surface area contributed by atoms with E-state index in [2.05, 4.69) is 10.6 Å². The van der Waals surface area contributed by atoms with Crippen LogP contribution in [0.4, 0.5) is 21.0 Å². The van der Waals surface area contributed by atoms with Crippen LogP contribution in [0.25, 0.3) is 0 Å². The second kappa shape index (κ2) is 10.2. The maximum atomic E-state index is 13.2. The molecule has 0 saturated carbocycles. The molecule has 0 spiro atoms. The van der Waals surface area contributed by atoms with Gasteiger partial charge in [-0.2, -0.15) is 0 Å². The van der Waals surface area contributed by atoms with Crippen LogP contribution in [0.3, 0.4) is 0 Å². The van der Waals surface area contributed by atoms with Crippen LogP contribution in [0, 0.1) is 12.8 Å². The maximum Gasteiger partial charge on any atom is 0.328 e. The molecule has 9 heteroatoms. The van der Waals surface area contributed by atoms with Crippen LogP contribution in [0.2, 0.25) is 0 Å². The van der Waals surface area contributed by atoms with Crippen molar-refractivity contribution in [2.45, 2.75) is 59.2 Å². The Morgan fingerprint density at radius 2 is 1.63 bits per heavy atom. The summed E-state index contributed by atoms with van der Waals surface area (Å²) < 4.78 is 0. The molecule has 1 saturated heterocycles. The van der Waals surface area contributed by atoms with Gasteiger partial charge in [0, 0.05) is 17.9 Å². The van der Waals surface area contributed by atoms with Gasteiger partial charge in [0.15, 0.2) is 0 Å². The van der Waals surface area contributed by atoms with Gasteiger partial charge in [-0.3, -0.25) is 4.79 Å². The first-order chi connectivity index (χ1) is 16.4. The lowest BCUT2D eigenvalue weighted by atomic mass is 10.00. The number of benzene rings is 2. The van der Waals surface area contributed by atoms with Gasteiger partial charge in [-0.15, -0.1) is 0 Å². The number of carboxylic acid groups (broad SMARTS) is 1. The molecule has 1 heterocycles. The van der Waals surface area contributed by atoms with E-state index in [4.69, 9.17) is 0 Å². The number of hydrogen-bond donors (Lipinski definition) is 3. The summed E-state index contributed by atoms with van der Waals surface area (Å²) in [6.07, 6.45) is 0.182. The Balaban J connectivity index is 1.71. The fourth-order valence-corrected chi connectivity index (χ4v) is 4.04. The zero-order chi connectivity index (χ0) is 25.9. The Bertz CT molecular complexity index is 1130. The van der Waals surface area contributed by atoms with E-state index in [1.807, 2.05) is 45.0 Å². The van der Waals surface area contributed by atoms with E-state index >= 15 is 0 Å². The highest BCUT2D eigenvalue weighted by atomic mass is 16.4. The van der Waals surface area contributed by atoms with Crippen molar-refractivity contribution in [1.29, 1.82) is 0 Å². The zero-order valence-corrected chi connectivity index (χ0v) is 20.7. The molecular weight excluding hydrogens is 448 g/mol. The second-order valence-electron chi connectivity index (χ2n) is 9.68. The van der Waals surface area contributed by atoms with Crippen LogP contribution in [-0.2, 0) is 16.1 Å². The largest absolute Gasteiger partial charge is 0.480 e. The Morgan fingerprint density at radius 1 is 1.00 bits per heavy atom. The molecule has 5 amide bonds. The van der Waals surface area contributed by atoms with Crippen LogP contribution in [-0.4, -0.2) is 50.4 Å². The third-order valence-electron chi connectivity index (χ3n) is 6.09. The standard InChI is InChI=1S/C26H32N4O5/c1-16(2)14-21(22(31)32)30-23(33)26(4,5)29(25(30)35)15-18-10-12-19(13-11-18)27-24(34)28-20-9-7-6-8-17(20)3/h6-13,16,21H,14-15H2,1-5H3,(H,31,32)(H2,27,28,34)/t21-/m0/s1. The van der Waals surface area contributed by atoms with Crippen LogP contribution in [0.5, 0.6) is 0 Å². The van der Waals surface area contributed by atoms with Gasteiger partial charge in [0.2, 0.25) is 0 Å². The van der Waals surface area contributed by atoms with Crippen LogP contribution in [0.1, 0.15) is 45.2 Å². The summed E-state index contributed by atoms with van der Waals surface area (Å²) >= 11 is 0. The molecule has 2 aromatic carbocycles. The van der Waals surface area contributed by atoms with Gasteiger partial charge >= 0.3 is 18.0 Å². The summed E-state index contributed by atoms with van der Waals surface area (Å²) in [5.41, 5.74) is 1.77. The van der Waals surface area contributed by atoms with Gasteiger partial charge < -0.3 is 20.6 Å². The predicted octanol–water partition coefficient (Wildman–Crippen LogP) is 4.68. The Labute approximate surface area is 205 Å². The number of carbonyl (C=O) groups excluding carboxylic acids is 3. The summed E-state index contributed by atoms with van der Waals surface area (Å²) in [6, 6.07) is 12.2. The molecule has 1 aliphatic heterocycles. The topological polar surface area (TPSA) is 119 Å². The molecular formula is C26H32N4O5. The number of urea groups is 2. The molecule has 35 heavy (non-hydrogen) atoms. The van der Waals surface area contributed by atoms with Crippen molar-refractivity contribution in [2.24, 2.45) is 5.92 Å². The van der Waals surface area contributed by atoms with Crippen molar-refractivity contribution in [3.63, 3.8) is 0 Å². The number of aryl methyl sites for hydroxylation is 1. The van der Waals surface area contributed by atoms with Crippen LogP contribution < -0.4 is 10.6 Å². The van der Waals surface area contributed by atoms with Crippen LogP contribution >= 0.6 is 0 Å². The molecule has 0 unspecified atom stereocenters. The van der Waals surface area contributed by atoms with Crippen LogP contribution in [0.15, 0.2) is 48.5 Å². The summed E-state index contributed by atoms with van der Waals surface area (Å²) in [5, 5.41) is 15.2. The van der Waals surface area contributed by atoms with Gasteiger partial charge in [0.1, 0.15) is 11.6 Å². The number of rotatable bonds is 8. The monoisotopic (exact) mass is 480 g/mol. The number of imide groups is 1. The number of carbonyl (C=O) groups is 4.